The molecule has 0 saturated carbocycles. The Kier molecular flexibility index (Phi) is 4.64. The number of rotatable bonds is 4. The number of methoxy groups -OCH3 is 2. The molecule has 7 heteroatoms. The Balaban J connectivity index is 2.02. The fourth-order valence-corrected chi connectivity index (χ4v) is 4.20. The van der Waals surface area contributed by atoms with E-state index >= 15 is 0 Å². The van der Waals surface area contributed by atoms with Gasteiger partial charge in [-0.15, -0.1) is 0 Å². The van der Waals surface area contributed by atoms with Gasteiger partial charge in [-0.05, 0) is 18.2 Å². The van der Waals surface area contributed by atoms with Crippen LogP contribution in [0.2, 0.25) is 0 Å². The van der Waals surface area contributed by atoms with Gasteiger partial charge in [0.05, 0.1) is 14.2 Å². The average molecular weight is 349 g/mol. The van der Waals surface area contributed by atoms with Crippen LogP contribution in [0, 0.1) is 0 Å². The van der Waals surface area contributed by atoms with Crippen LogP contribution in [-0.4, -0.2) is 40.1 Å². The maximum absolute atomic E-state index is 13.1. The van der Waals surface area contributed by atoms with E-state index in [2.05, 4.69) is 0 Å². The minimum absolute atomic E-state index is 0.0868. The molecular formula is C17H19NO5S. The lowest BCUT2D eigenvalue weighted by Gasteiger charge is -2.21. The van der Waals surface area contributed by atoms with Crippen LogP contribution in [0.4, 0.5) is 0 Å². The number of hydrogen-bond donors (Lipinski definition) is 0. The van der Waals surface area contributed by atoms with E-state index < -0.39 is 10.0 Å². The van der Waals surface area contributed by atoms with Gasteiger partial charge in [0.15, 0.2) is 0 Å². The Hall–Kier alpha value is -2.25. The second kappa shape index (κ2) is 6.70. The minimum atomic E-state index is -3.76. The number of fused-ring (bicyclic) bond motifs is 1. The van der Waals surface area contributed by atoms with E-state index in [1.165, 1.54) is 24.6 Å². The van der Waals surface area contributed by atoms with Crippen molar-refractivity contribution in [2.24, 2.45) is 0 Å². The molecular weight excluding hydrogens is 330 g/mol. The molecule has 0 amide bonds. The van der Waals surface area contributed by atoms with Gasteiger partial charge < -0.3 is 14.2 Å². The Labute approximate surface area is 141 Å². The Morgan fingerprint density at radius 1 is 1.08 bits per heavy atom. The lowest BCUT2D eigenvalue weighted by atomic mass is 10.2. The van der Waals surface area contributed by atoms with Crippen LogP contribution in [0.1, 0.15) is 5.56 Å². The highest BCUT2D eigenvalue weighted by Crippen LogP contribution is 2.33. The van der Waals surface area contributed by atoms with Crippen LogP contribution in [0.5, 0.6) is 17.2 Å². The molecule has 3 rings (SSSR count). The topological polar surface area (TPSA) is 65.1 Å². The van der Waals surface area contributed by atoms with Crippen molar-refractivity contribution in [1.29, 1.82) is 0 Å². The number of hydrogen-bond acceptors (Lipinski definition) is 5. The molecule has 24 heavy (non-hydrogen) atoms. The molecule has 0 fully saturated rings. The third kappa shape index (κ3) is 3.05. The van der Waals surface area contributed by atoms with Crippen molar-refractivity contribution < 1.29 is 22.6 Å². The molecule has 1 heterocycles. The number of sulfonamides is 1. The molecule has 0 aromatic heterocycles. The number of ether oxygens (including phenoxy) is 3. The van der Waals surface area contributed by atoms with Crippen LogP contribution >= 0.6 is 0 Å². The van der Waals surface area contributed by atoms with E-state index in [0.29, 0.717) is 18.1 Å². The molecule has 0 radical (unpaired) electrons. The summed E-state index contributed by atoms with van der Waals surface area (Å²) in [6, 6.07) is 12.2. The highest BCUT2D eigenvalue weighted by molar-refractivity contribution is 7.89. The lowest BCUT2D eigenvalue weighted by Crippen LogP contribution is -2.32. The van der Waals surface area contributed by atoms with Gasteiger partial charge in [-0.3, -0.25) is 0 Å². The fraction of sp³-hybridized carbons (Fsp3) is 0.294. The van der Waals surface area contributed by atoms with Crippen LogP contribution in [0.25, 0.3) is 0 Å². The zero-order valence-electron chi connectivity index (χ0n) is 13.6. The number of para-hydroxylation sites is 1. The Morgan fingerprint density at radius 2 is 1.88 bits per heavy atom. The third-order valence-electron chi connectivity index (χ3n) is 3.91. The van der Waals surface area contributed by atoms with Gasteiger partial charge in [-0.25, -0.2) is 8.42 Å². The molecule has 0 spiro atoms. The third-order valence-corrected chi connectivity index (χ3v) is 5.77. The maximum Gasteiger partial charge on any atom is 0.247 e. The van der Waals surface area contributed by atoms with E-state index in [9.17, 15) is 8.42 Å². The summed E-state index contributed by atoms with van der Waals surface area (Å²) in [6.07, 6.45) is 0. The predicted octanol–water partition coefficient (Wildman–Crippen LogP) is 2.29. The van der Waals surface area contributed by atoms with Crippen molar-refractivity contribution in [3.05, 3.63) is 48.0 Å². The van der Waals surface area contributed by atoms with Gasteiger partial charge in [0.25, 0.3) is 0 Å². The first-order valence-corrected chi connectivity index (χ1v) is 8.93. The molecule has 2 aromatic rings. The second-order valence-electron chi connectivity index (χ2n) is 5.31. The number of nitrogens with zero attached hydrogens (tertiary/aromatic N) is 1. The largest absolute Gasteiger partial charge is 0.497 e. The SMILES string of the molecule is COc1ccc(OC)c(S(=O)(=O)N2CCOc3ccccc3C2)c1. The monoisotopic (exact) mass is 349 g/mol. The minimum Gasteiger partial charge on any atom is -0.497 e. The molecule has 0 saturated heterocycles. The normalized spacial score (nSPS) is 15.1. The zero-order chi connectivity index (χ0) is 17.2. The first-order chi connectivity index (χ1) is 11.6. The van der Waals surface area contributed by atoms with Crippen LogP contribution in [0.15, 0.2) is 47.4 Å². The summed E-state index contributed by atoms with van der Waals surface area (Å²) in [6.45, 7) is 0.804. The smallest absolute Gasteiger partial charge is 0.247 e. The summed E-state index contributed by atoms with van der Waals surface area (Å²) >= 11 is 0. The Bertz CT molecular complexity index is 835. The van der Waals surface area contributed by atoms with Gasteiger partial charge >= 0.3 is 0 Å². The quantitative estimate of drug-likeness (QED) is 0.847. The zero-order valence-corrected chi connectivity index (χ0v) is 14.4. The summed E-state index contributed by atoms with van der Waals surface area (Å²) in [7, 11) is -0.815. The molecule has 6 nitrogen and oxygen atoms in total. The van der Waals surface area contributed by atoms with E-state index in [0.717, 1.165) is 5.56 Å². The summed E-state index contributed by atoms with van der Waals surface area (Å²) < 4.78 is 43.7. The van der Waals surface area contributed by atoms with Crippen LogP contribution in [0.3, 0.4) is 0 Å². The standard InChI is InChI=1S/C17H19NO5S/c1-21-14-7-8-16(22-2)17(11-14)24(19,20)18-9-10-23-15-6-4-3-5-13(15)12-18/h3-8,11H,9-10,12H2,1-2H3. The predicted molar refractivity (Wildman–Crippen MR) is 89.1 cm³/mol. The first kappa shape index (κ1) is 16.6. The van der Waals surface area contributed by atoms with Gasteiger partial charge in [-0.1, -0.05) is 18.2 Å². The molecule has 1 aliphatic rings. The molecule has 0 aliphatic carbocycles. The van der Waals surface area contributed by atoms with Crippen molar-refractivity contribution in [1.82, 2.24) is 4.31 Å². The van der Waals surface area contributed by atoms with E-state index in [1.54, 1.807) is 12.1 Å². The highest BCUT2D eigenvalue weighted by Gasteiger charge is 2.30. The summed E-state index contributed by atoms with van der Waals surface area (Å²) in [5.74, 6) is 1.46. The lowest BCUT2D eigenvalue weighted by molar-refractivity contribution is 0.292. The molecule has 0 N–H and O–H groups in total. The molecule has 0 bridgehead atoms. The summed E-state index contributed by atoms with van der Waals surface area (Å²) in [4.78, 5) is 0.0868. The second-order valence-corrected chi connectivity index (χ2v) is 7.22. The van der Waals surface area contributed by atoms with E-state index in [-0.39, 0.29) is 23.7 Å². The summed E-state index contributed by atoms with van der Waals surface area (Å²) in [5.41, 5.74) is 0.834. The Morgan fingerprint density at radius 3 is 2.62 bits per heavy atom. The van der Waals surface area contributed by atoms with Crippen molar-refractivity contribution in [3.63, 3.8) is 0 Å². The molecule has 1 aliphatic heterocycles. The average Bonchev–Trinajstić information content (AvgIpc) is 2.84. The van der Waals surface area contributed by atoms with Crippen LogP contribution in [-0.2, 0) is 16.6 Å². The molecule has 0 atom stereocenters. The maximum atomic E-state index is 13.1. The first-order valence-electron chi connectivity index (χ1n) is 7.49. The van der Waals surface area contributed by atoms with Crippen molar-refractivity contribution >= 4 is 10.0 Å². The number of benzene rings is 2. The van der Waals surface area contributed by atoms with Gasteiger partial charge in [0.1, 0.15) is 28.8 Å². The van der Waals surface area contributed by atoms with Gasteiger partial charge in [-0.2, -0.15) is 4.31 Å². The summed E-state index contributed by atoms with van der Waals surface area (Å²) in [5, 5.41) is 0. The van der Waals surface area contributed by atoms with Crippen molar-refractivity contribution in [2.75, 3.05) is 27.4 Å². The van der Waals surface area contributed by atoms with E-state index in [1.807, 2.05) is 24.3 Å². The molecule has 0 unspecified atom stereocenters. The molecule has 128 valence electrons. The van der Waals surface area contributed by atoms with Crippen molar-refractivity contribution in [3.8, 4) is 17.2 Å². The van der Waals surface area contributed by atoms with Gasteiger partial charge in [0.2, 0.25) is 10.0 Å². The van der Waals surface area contributed by atoms with E-state index in [4.69, 9.17) is 14.2 Å². The van der Waals surface area contributed by atoms with Crippen molar-refractivity contribution in [2.45, 2.75) is 11.4 Å². The van der Waals surface area contributed by atoms with Gasteiger partial charge in [0, 0.05) is 24.7 Å². The molecule has 2 aromatic carbocycles. The van der Waals surface area contributed by atoms with Crippen LogP contribution < -0.4 is 14.2 Å². The fourth-order valence-electron chi connectivity index (χ4n) is 2.63. The highest BCUT2D eigenvalue weighted by atomic mass is 32.2.